The van der Waals surface area contributed by atoms with Gasteiger partial charge in [0.25, 0.3) is 0 Å². The van der Waals surface area contributed by atoms with Crippen LogP contribution in [0.15, 0.2) is 0 Å². The highest BCUT2D eigenvalue weighted by Crippen LogP contribution is 2.23. The van der Waals surface area contributed by atoms with Gasteiger partial charge in [0.05, 0.1) is 0 Å². The van der Waals surface area contributed by atoms with Crippen LogP contribution in [0.1, 0.15) is 52.9 Å². The molecule has 1 aliphatic heterocycles. The van der Waals surface area contributed by atoms with Gasteiger partial charge >= 0.3 is 0 Å². The summed E-state index contributed by atoms with van der Waals surface area (Å²) >= 11 is 0. The highest BCUT2D eigenvalue weighted by Gasteiger charge is 2.21. The Morgan fingerprint density at radius 1 is 1.19 bits per heavy atom. The Hall–Kier alpha value is -1.10. The molecule has 122 valence electrons. The average molecular weight is 297 g/mol. The molecule has 21 heavy (non-hydrogen) atoms. The van der Waals surface area contributed by atoms with E-state index < -0.39 is 0 Å². The van der Waals surface area contributed by atoms with Gasteiger partial charge < -0.3 is 16.0 Å². The third kappa shape index (κ3) is 7.46. The molecule has 3 N–H and O–H groups in total. The van der Waals surface area contributed by atoms with Crippen molar-refractivity contribution in [2.75, 3.05) is 19.6 Å². The van der Waals surface area contributed by atoms with E-state index in [0.717, 1.165) is 32.4 Å². The van der Waals surface area contributed by atoms with E-state index in [1.807, 2.05) is 13.8 Å². The third-order valence-electron chi connectivity index (χ3n) is 4.39. The van der Waals surface area contributed by atoms with Crippen molar-refractivity contribution in [3.05, 3.63) is 0 Å². The highest BCUT2D eigenvalue weighted by molar-refractivity contribution is 5.79. The molecule has 0 spiro atoms. The van der Waals surface area contributed by atoms with Gasteiger partial charge in [-0.2, -0.15) is 0 Å². The van der Waals surface area contributed by atoms with Gasteiger partial charge in [0.1, 0.15) is 0 Å². The summed E-state index contributed by atoms with van der Waals surface area (Å²) in [4.78, 5) is 23.5. The van der Waals surface area contributed by atoms with Crippen LogP contribution >= 0.6 is 0 Å². The largest absolute Gasteiger partial charge is 0.356 e. The normalized spacial score (nSPS) is 18.8. The Morgan fingerprint density at radius 2 is 1.86 bits per heavy atom. The number of piperidine rings is 1. The lowest BCUT2D eigenvalue weighted by Crippen LogP contribution is -2.36. The van der Waals surface area contributed by atoms with Gasteiger partial charge in [0, 0.05) is 25.4 Å². The quantitative estimate of drug-likeness (QED) is 0.635. The molecule has 1 heterocycles. The average Bonchev–Trinajstić information content (AvgIpc) is 2.47. The number of nitrogens with one attached hydrogen (secondary N) is 3. The first-order valence-corrected chi connectivity index (χ1v) is 8.29. The summed E-state index contributed by atoms with van der Waals surface area (Å²) in [5.41, 5.74) is 0. The molecule has 2 atom stereocenters. The van der Waals surface area contributed by atoms with Crippen molar-refractivity contribution in [1.29, 1.82) is 0 Å². The number of amides is 2. The van der Waals surface area contributed by atoms with E-state index in [1.165, 1.54) is 0 Å². The van der Waals surface area contributed by atoms with E-state index in [9.17, 15) is 9.59 Å². The molecule has 0 radical (unpaired) electrons. The van der Waals surface area contributed by atoms with E-state index in [4.69, 9.17) is 0 Å². The van der Waals surface area contributed by atoms with Crippen LogP contribution in [0.3, 0.4) is 0 Å². The van der Waals surface area contributed by atoms with Crippen molar-refractivity contribution in [3.8, 4) is 0 Å². The van der Waals surface area contributed by atoms with E-state index in [0.29, 0.717) is 31.2 Å². The molecule has 5 heteroatoms. The van der Waals surface area contributed by atoms with Crippen molar-refractivity contribution in [2.45, 2.75) is 58.9 Å². The molecule has 0 aliphatic carbocycles. The molecule has 1 aliphatic rings. The Bertz CT molecular complexity index is 327. The topological polar surface area (TPSA) is 70.2 Å². The molecule has 2 unspecified atom stereocenters. The van der Waals surface area contributed by atoms with Gasteiger partial charge in [-0.05, 0) is 51.1 Å². The Balaban J connectivity index is 2.14. The van der Waals surface area contributed by atoms with Gasteiger partial charge in [-0.3, -0.25) is 9.59 Å². The number of hydrogen-bond donors (Lipinski definition) is 3. The molecule has 1 fully saturated rings. The van der Waals surface area contributed by atoms with Crippen LogP contribution < -0.4 is 16.0 Å². The predicted molar refractivity (Wildman–Crippen MR) is 84.9 cm³/mol. The lowest BCUT2D eigenvalue weighted by molar-refractivity contribution is -0.123. The molecule has 5 nitrogen and oxygen atoms in total. The van der Waals surface area contributed by atoms with Crippen LogP contribution in [0.5, 0.6) is 0 Å². The maximum absolute atomic E-state index is 11.9. The zero-order valence-electron chi connectivity index (χ0n) is 13.7. The van der Waals surface area contributed by atoms with Crippen LogP contribution in [-0.2, 0) is 9.59 Å². The molecule has 2 amide bonds. The number of hydrogen-bond acceptors (Lipinski definition) is 3. The second-order valence-electron chi connectivity index (χ2n) is 6.25. The van der Waals surface area contributed by atoms with Crippen LogP contribution in [0, 0.1) is 11.8 Å². The predicted octanol–water partition coefficient (Wildman–Crippen LogP) is 1.43. The van der Waals surface area contributed by atoms with E-state index in [-0.39, 0.29) is 17.9 Å². The lowest BCUT2D eigenvalue weighted by Gasteiger charge is -2.27. The fourth-order valence-electron chi connectivity index (χ4n) is 2.71. The van der Waals surface area contributed by atoms with Crippen LogP contribution in [0.2, 0.25) is 0 Å². The lowest BCUT2D eigenvalue weighted by atomic mass is 9.84. The van der Waals surface area contributed by atoms with Crippen LogP contribution in [0.4, 0.5) is 0 Å². The van der Waals surface area contributed by atoms with Gasteiger partial charge in [-0.15, -0.1) is 0 Å². The summed E-state index contributed by atoms with van der Waals surface area (Å²) in [6, 6.07) is 0.202. The van der Waals surface area contributed by atoms with Crippen molar-refractivity contribution in [1.82, 2.24) is 16.0 Å². The number of carbonyl (C=O) groups is 2. The fourth-order valence-corrected chi connectivity index (χ4v) is 2.71. The van der Waals surface area contributed by atoms with E-state index in [1.54, 1.807) is 0 Å². The van der Waals surface area contributed by atoms with Crippen molar-refractivity contribution in [2.24, 2.45) is 11.8 Å². The smallest absolute Gasteiger partial charge is 0.221 e. The highest BCUT2D eigenvalue weighted by atomic mass is 16.2. The van der Waals surface area contributed by atoms with E-state index >= 15 is 0 Å². The maximum atomic E-state index is 11.9. The molecular formula is C16H31N3O2. The summed E-state index contributed by atoms with van der Waals surface area (Å²) in [5, 5.41) is 9.10. The third-order valence-corrected chi connectivity index (χ3v) is 4.39. The summed E-state index contributed by atoms with van der Waals surface area (Å²) in [6.07, 6.45) is 4.17. The molecule has 0 aromatic carbocycles. The number of rotatable bonds is 8. The molecule has 0 saturated carbocycles. The van der Waals surface area contributed by atoms with Gasteiger partial charge in [0.2, 0.25) is 11.8 Å². The molecule has 0 bridgehead atoms. The Kier molecular flexibility index (Phi) is 8.35. The first-order chi connectivity index (χ1) is 10.0. The molecule has 1 rings (SSSR count). The van der Waals surface area contributed by atoms with E-state index in [2.05, 4.69) is 22.9 Å². The van der Waals surface area contributed by atoms with Crippen LogP contribution in [0.25, 0.3) is 0 Å². The first kappa shape index (κ1) is 18.0. The van der Waals surface area contributed by atoms with Crippen molar-refractivity contribution >= 4 is 11.8 Å². The van der Waals surface area contributed by atoms with Crippen LogP contribution in [-0.4, -0.2) is 37.5 Å². The van der Waals surface area contributed by atoms with Crippen molar-refractivity contribution < 1.29 is 9.59 Å². The second-order valence-corrected chi connectivity index (χ2v) is 6.25. The minimum atomic E-state index is 0.0102. The first-order valence-electron chi connectivity index (χ1n) is 8.29. The summed E-state index contributed by atoms with van der Waals surface area (Å²) in [7, 11) is 0. The summed E-state index contributed by atoms with van der Waals surface area (Å²) < 4.78 is 0. The number of carbonyl (C=O) groups excluding carboxylic acids is 2. The monoisotopic (exact) mass is 297 g/mol. The summed E-state index contributed by atoms with van der Waals surface area (Å²) in [6.45, 7) is 8.73. The molecular weight excluding hydrogens is 266 g/mol. The molecule has 0 aromatic rings. The summed E-state index contributed by atoms with van der Waals surface area (Å²) in [5.74, 6) is 1.14. The fraction of sp³-hybridized carbons (Fsp3) is 0.875. The minimum absolute atomic E-state index is 0.0102. The SMILES string of the molecule is CCC(C)NC(=O)CCNC(=O)CC(C)C1CCNCC1. The molecule has 1 saturated heterocycles. The van der Waals surface area contributed by atoms with Gasteiger partial charge in [-0.1, -0.05) is 13.8 Å². The minimum Gasteiger partial charge on any atom is -0.356 e. The zero-order valence-corrected chi connectivity index (χ0v) is 13.7. The maximum Gasteiger partial charge on any atom is 0.221 e. The Labute approximate surface area is 128 Å². The van der Waals surface area contributed by atoms with Crippen molar-refractivity contribution in [3.63, 3.8) is 0 Å². The zero-order chi connectivity index (χ0) is 15.7. The Morgan fingerprint density at radius 3 is 2.48 bits per heavy atom. The second kappa shape index (κ2) is 9.77. The standard InChI is InChI=1S/C16H31N3O2/c1-4-13(3)19-15(20)7-10-18-16(21)11-12(2)14-5-8-17-9-6-14/h12-14,17H,4-11H2,1-3H3,(H,18,21)(H,19,20). The molecule has 0 aromatic heterocycles. The van der Waals surface area contributed by atoms with Gasteiger partial charge in [-0.25, -0.2) is 0 Å². The van der Waals surface area contributed by atoms with Gasteiger partial charge in [0.15, 0.2) is 0 Å².